The molecule has 1 unspecified atom stereocenters. The fraction of sp³-hybridized carbons (Fsp3) is 1.00. The lowest BCUT2D eigenvalue weighted by Gasteiger charge is -2.54. The van der Waals surface area contributed by atoms with Gasteiger partial charge in [-0.05, 0) is 56.0 Å². The molecule has 1 atom stereocenters. The highest BCUT2D eigenvalue weighted by molar-refractivity contribution is 4.99. The molecule has 1 heterocycles. The Hall–Kier alpha value is -0.0400. The second kappa shape index (κ2) is 3.61. The Kier molecular flexibility index (Phi) is 2.64. The number of nitrogens with one attached hydrogen (secondary N) is 1. The molecule has 2 aliphatic rings. The topological polar surface area (TPSA) is 12.0 Å². The highest BCUT2D eigenvalue weighted by Crippen LogP contribution is 2.55. The van der Waals surface area contributed by atoms with E-state index in [-0.39, 0.29) is 0 Å². The van der Waals surface area contributed by atoms with Gasteiger partial charge in [0.05, 0.1) is 0 Å². The third-order valence-corrected chi connectivity index (χ3v) is 4.20. The predicted octanol–water partition coefficient (Wildman–Crippen LogP) is 2.81. The van der Waals surface area contributed by atoms with E-state index in [1.54, 1.807) is 0 Å². The van der Waals surface area contributed by atoms with Crippen LogP contribution < -0.4 is 5.32 Å². The SMILES string of the molecule is CCCC1CNCCC12CC(C)C2. The average Bonchev–Trinajstić information content (AvgIpc) is 2.07. The Balaban J connectivity index is 1.97. The molecule has 1 N–H and O–H groups in total. The summed E-state index contributed by atoms with van der Waals surface area (Å²) in [5, 5.41) is 3.56. The minimum Gasteiger partial charge on any atom is -0.316 e. The van der Waals surface area contributed by atoms with E-state index in [0.29, 0.717) is 0 Å². The molecule has 1 aliphatic heterocycles. The molecule has 1 saturated carbocycles. The molecule has 1 nitrogen and oxygen atoms in total. The standard InChI is InChI=1S/C12H23N/c1-3-4-11-9-13-6-5-12(11)7-10(2)8-12/h10-11,13H,3-9H2,1-2H3. The van der Waals surface area contributed by atoms with Crippen LogP contribution in [0.15, 0.2) is 0 Å². The summed E-state index contributed by atoms with van der Waals surface area (Å²) >= 11 is 0. The van der Waals surface area contributed by atoms with Gasteiger partial charge in [-0.1, -0.05) is 20.3 Å². The maximum atomic E-state index is 3.56. The van der Waals surface area contributed by atoms with Crippen molar-refractivity contribution in [1.82, 2.24) is 5.32 Å². The molecule has 1 heteroatoms. The van der Waals surface area contributed by atoms with Crippen molar-refractivity contribution in [2.45, 2.75) is 46.0 Å². The maximum absolute atomic E-state index is 3.56. The number of hydrogen-bond donors (Lipinski definition) is 1. The van der Waals surface area contributed by atoms with E-state index in [1.807, 2.05) is 0 Å². The molecule has 0 bridgehead atoms. The number of hydrogen-bond acceptors (Lipinski definition) is 1. The van der Waals surface area contributed by atoms with Gasteiger partial charge < -0.3 is 5.32 Å². The van der Waals surface area contributed by atoms with E-state index >= 15 is 0 Å². The summed E-state index contributed by atoms with van der Waals surface area (Å²) in [5.41, 5.74) is 0.778. The van der Waals surface area contributed by atoms with Crippen molar-refractivity contribution in [3.63, 3.8) is 0 Å². The number of piperidine rings is 1. The molecular formula is C12H23N. The van der Waals surface area contributed by atoms with Crippen LogP contribution in [0, 0.1) is 17.3 Å². The van der Waals surface area contributed by atoms with Crippen molar-refractivity contribution in [2.24, 2.45) is 17.3 Å². The summed E-state index contributed by atoms with van der Waals surface area (Å²) in [4.78, 5) is 0. The largest absolute Gasteiger partial charge is 0.316 e. The highest BCUT2D eigenvalue weighted by Gasteiger charge is 2.47. The molecular weight excluding hydrogens is 158 g/mol. The zero-order valence-electron chi connectivity index (χ0n) is 9.10. The zero-order valence-corrected chi connectivity index (χ0v) is 9.10. The van der Waals surface area contributed by atoms with Crippen LogP contribution in [-0.2, 0) is 0 Å². The second-order valence-corrected chi connectivity index (χ2v) is 5.32. The van der Waals surface area contributed by atoms with Crippen molar-refractivity contribution in [3.05, 3.63) is 0 Å². The van der Waals surface area contributed by atoms with E-state index < -0.39 is 0 Å². The van der Waals surface area contributed by atoms with Gasteiger partial charge in [0.1, 0.15) is 0 Å². The van der Waals surface area contributed by atoms with Crippen LogP contribution in [0.1, 0.15) is 46.0 Å². The van der Waals surface area contributed by atoms with Gasteiger partial charge in [-0.3, -0.25) is 0 Å². The van der Waals surface area contributed by atoms with Crippen LogP contribution >= 0.6 is 0 Å². The van der Waals surface area contributed by atoms with Gasteiger partial charge in [-0.2, -0.15) is 0 Å². The molecule has 0 aromatic rings. The molecule has 0 radical (unpaired) electrons. The summed E-state index contributed by atoms with van der Waals surface area (Å²) in [5.74, 6) is 2.00. The summed E-state index contributed by atoms with van der Waals surface area (Å²) in [6.07, 6.45) is 7.28. The Morgan fingerprint density at radius 3 is 2.77 bits per heavy atom. The van der Waals surface area contributed by atoms with Crippen LogP contribution in [-0.4, -0.2) is 13.1 Å². The zero-order chi connectivity index (χ0) is 9.31. The third kappa shape index (κ3) is 1.63. The molecule has 2 rings (SSSR count). The molecule has 76 valence electrons. The van der Waals surface area contributed by atoms with E-state index in [4.69, 9.17) is 0 Å². The van der Waals surface area contributed by atoms with Crippen LogP contribution in [0.3, 0.4) is 0 Å². The van der Waals surface area contributed by atoms with Gasteiger partial charge in [0.25, 0.3) is 0 Å². The number of rotatable bonds is 2. The summed E-state index contributed by atoms with van der Waals surface area (Å²) < 4.78 is 0. The summed E-state index contributed by atoms with van der Waals surface area (Å²) in [6.45, 7) is 7.30. The molecule has 13 heavy (non-hydrogen) atoms. The Bertz CT molecular complexity index is 162. The highest BCUT2D eigenvalue weighted by atomic mass is 14.9. The Labute approximate surface area is 82.3 Å². The minimum absolute atomic E-state index is 0.778. The summed E-state index contributed by atoms with van der Waals surface area (Å²) in [7, 11) is 0. The van der Waals surface area contributed by atoms with Gasteiger partial charge in [0.15, 0.2) is 0 Å². The molecule has 0 aromatic heterocycles. The van der Waals surface area contributed by atoms with E-state index in [1.165, 1.54) is 45.2 Å². The minimum atomic E-state index is 0.778. The first-order chi connectivity index (χ1) is 6.27. The fourth-order valence-electron chi connectivity index (χ4n) is 3.66. The first-order valence-corrected chi connectivity index (χ1v) is 5.97. The molecule has 1 saturated heterocycles. The van der Waals surface area contributed by atoms with Gasteiger partial charge in [-0.15, -0.1) is 0 Å². The van der Waals surface area contributed by atoms with Gasteiger partial charge in [0, 0.05) is 0 Å². The van der Waals surface area contributed by atoms with Crippen LogP contribution in [0.5, 0.6) is 0 Å². The molecule has 1 aliphatic carbocycles. The normalized spacial score (nSPS) is 44.8. The quantitative estimate of drug-likeness (QED) is 0.690. The van der Waals surface area contributed by atoms with Gasteiger partial charge in [0.2, 0.25) is 0 Å². The predicted molar refractivity (Wildman–Crippen MR) is 56.7 cm³/mol. The molecule has 2 fully saturated rings. The summed E-state index contributed by atoms with van der Waals surface area (Å²) in [6, 6.07) is 0. The molecule has 0 amide bonds. The van der Waals surface area contributed by atoms with Crippen molar-refractivity contribution in [3.8, 4) is 0 Å². The van der Waals surface area contributed by atoms with Crippen LogP contribution in [0.2, 0.25) is 0 Å². The fourth-order valence-corrected chi connectivity index (χ4v) is 3.66. The second-order valence-electron chi connectivity index (χ2n) is 5.32. The average molecular weight is 181 g/mol. The lowest BCUT2D eigenvalue weighted by atomic mass is 9.53. The smallest absolute Gasteiger partial charge is 0.00152 e. The third-order valence-electron chi connectivity index (χ3n) is 4.20. The van der Waals surface area contributed by atoms with Crippen molar-refractivity contribution in [2.75, 3.05) is 13.1 Å². The van der Waals surface area contributed by atoms with Crippen molar-refractivity contribution < 1.29 is 0 Å². The Morgan fingerprint density at radius 1 is 1.38 bits per heavy atom. The first kappa shape index (κ1) is 9.51. The van der Waals surface area contributed by atoms with Gasteiger partial charge >= 0.3 is 0 Å². The maximum Gasteiger partial charge on any atom is -0.00152 e. The Morgan fingerprint density at radius 2 is 2.15 bits per heavy atom. The monoisotopic (exact) mass is 181 g/mol. The van der Waals surface area contributed by atoms with E-state index in [0.717, 1.165) is 17.3 Å². The molecule has 1 spiro atoms. The van der Waals surface area contributed by atoms with E-state index in [9.17, 15) is 0 Å². The first-order valence-electron chi connectivity index (χ1n) is 5.97. The van der Waals surface area contributed by atoms with Crippen molar-refractivity contribution in [1.29, 1.82) is 0 Å². The van der Waals surface area contributed by atoms with Crippen LogP contribution in [0.25, 0.3) is 0 Å². The van der Waals surface area contributed by atoms with Crippen LogP contribution in [0.4, 0.5) is 0 Å². The van der Waals surface area contributed by atoms with E-state index in [2.05, 4.69) is 19.2 Å². The van der Waals surface area contributed by atoms with Gasteiger partial charge in [-0.25, -0.2) is 0 Å². The lowest BCUT2D eigenvalue weighted by molar-refractivity contribution is -0.0293. The van der Waals surface area contributed by atoms with Crippen molar-refractivity contribution >= 4 is 0 Å². The lowest BCUT2D eigenvalue weighted by Crippen LogP contribution is -2.51. The molecule has 0 aromatic carbocycles.